The average Bonchev–Trinajstić information content (AvgIpc) is 2.90. The molecule has 3 aromatic carbocycles. The summed E-state index contributed by atoms with van der Waals surface area (Å²) in [7, 11) is 0. The second-order valence-corrected chi connectivity index (χ2v) is 6.21. The van der Waals surface area contributed by atoms with Crippen molar-refractivity contribution in [3.63, 3.8) is 0 Å². The molecule has 0 bridgehead atoms. The lowest BCUT2D eigenvalue weighted by Gasteiger charge is -2.22. The van der Waals surface area contributed by atoms with Gasteiger partial charge in [-0.15, -0.1) is 0 Å². The van der Waals surface area contributed by atoms with Crippen molar-refractivity contribution in [1.82, 2.24) is 0 Å². The highest BCUT2D eigenvalue weighted by Gasteiger charge is 2.21. The van der Waals surface area contributed by atoms with Gasteiger partial charge in [-0.3, -0.25) is 4.90 Å². The molecule has 29 heavy (non-hydrogen) atoms. The van der Waals surface area contributed by atoms with E-state index in [1.54, 1.807) is 11.0 Å². The second kappa shape index (κ2) is 9.19. The van der Waals surface area contributed by atoms with Crippen molar-refractivity contribution in [1.29, 1.82) is 0 Å². The minimum absolute atomic E-state index is 0.474. The highest BCUT2D eigenvalue weighted by atomic mass is 16.4. The van der Waals surface area contributed by atoms with Gasteiger partial charge in [-0.2, -0.15) is 0 Å². The fourth-order valence-electron chi connectivity index (χ4n) is 2.94. The molecule has 4 rings (SSSR count). The Kier molecular flexibility index (Phi) is 6.22. The number of anilines is 2. The number of fused-ring (bicyclic) bond motifs is 2. The maximum atomic E-state index is 11.8. The number of carboxylic acid groups (broad SMARTS) is 1. The average molecular weight is 384 g/mol. The summed E-state index contributed by atoms with van der Waals surface area (Å²) in [6.07, 6.45) is 6.67. The fraction of sp³-hybridized carbons (Fsp3) is 0. The number of carboxylic acids is 1. The first-order valence-corrected chi connectivity index (χ1v) is 8.98. The van der Waals surface area contributed by atoms with E-state index in [-0.39, 0.29) is 0 Å². The van der Waals surface area contributed by atoms with Crippen molar-refractivity contribution in [2.24, 2.45) is 5.73 Å². The molecule has 3 aromatic rings. The summed E-state index contributed by atoms with van der Waals surface area (Å²) in [5.74, 6) is -0.922. The van der Waals surface area contributed by atoms with E-state index in [1.165, 1.54) is 0 Å². The molecule has 0 radical (unpaired) electrons. The standard InChI is InChI=1S/C15H12N2O.C9H8O2/c16-15(18)17-13-7-3-1-5-11(13)9-10-12-6-2-4-8-14(12)17;10-9(11)7-6-8-4-2-1-3-5-8/h1-10H,(H2,16,18);1-7H,(H,10,11)/b;7-6+. The summed E-state index contributed by atoms with van der Waals surface area (Å²) in [4.78, 5) is 23.4. The molecule has 0 unspecified atom stereocenters. The van der Waals surface area contributed by atoms with Gasteiger partial charge in [0.2, 0.25) is 0 Å². The quantitative estimate of drug-likeness (QED) is 0.598. The monoisotopic (exact) mass is 384 g/mol. The van der Waals surface area contributed by atoms with E-state index >= 15 is 0 Å². The summed E-state index contributed by atoms with van der Waals surface area (Å²) >= 11 is 0. The lowest BCUT2D eigenvalue weighted by atomic mass is 10.1. The van der Waals surface area contributed by atoms with Crippen LogP contribution >= 0.6 is 0 Å². The van der Waals surface area contributed by atoms with Crippen LogP contribution in [0.2, 0.25) is 0 Å². The van der Waals surface area contributed by atoms with Gasteiger partial charge >= 0.3 is 12.0 Å². The third-order valence-electron chi connectivity index (χ3n) is 4.24. The highest BCUT2D eigenvalue weighted by molar-refractivity contribution is 6.04. The largest absolute Gasteiger partial charge is 0.478 e. The third kappa shape index (κ3) is 4.99. The molecule has 0 fully saturated rings. The van der Waals surface area contributed by atoms with Gasteiger partial charge < -0.3 is 10.8 Å². The van der Waals surface area contributed by atoms with Gasteiger partial charge in [0, 0.05) is 6.08 Å². The number of hydrogen-bond acceptors (Lipinski definition) is 2. The summed E-state index contributed by atoms with van der Waals surface area (Å²) in [6.45, 7) is 0. The van der Waals surface area contributed by atoms with Crippen LogP contribution in [0.3, 0.4) is 0 Å². The lowest BCUT2D eigenvalue weighted by Crippen LogP contribution is -2.32. The number of benzene rings is 3. The highest BCUT2D eigenvalue weighted by Crippen LogP contribution is 2.35. The van der Waals surface area contributed by atoms with Crippen LogP contribution < -0.4 is 10.6 Å². The van der Waals surface area contributed by atoms with Gasteiger partial charge in [-0.05, 0) is 34.9 Å². The smallest absolute Gasteiger partial charge is 0.328 e. The Morgan fingerprint density at radius 1 is 0.759 bits per heavy atom. The Bertz CT molecular complexity index is 1020. The topological polar surface area (TPSA) is 83.6 Å². The molecule has 1 aliphatic rings. The molecule has 5 heteroatoms. The summed E-state index contributed by atoms with van der Waals surface area (Å²) in [5, 5.41) is 8.29. The maximum Gasteiger partial charge on any atom is 0.328 e. The first kappa shape index (κ1) is 19.6. The number of urea groups is 1. The van der Waals surface area contributed by atoms with Crippen LogP contribution in [-0.2, 0) is 4.79 Å². The molecular weight excluding hydrogens is 364 g/mol. The number of hydrogen-bond donors (Lipinski definition) is 2. The van der Waals surface area contributed by atoms with E-state index in [0.717, 1.165) is 34.1 Å². The first-order chi connectivity index (χ1) is 14.1. The Hall–Kier alpha value is -4.12. The van der Waals surface area contributed by atoms with E-state index in [9.17, 15) is 9.59 Å². The minimum Gasteiger partial charge on any atom is -0.478 e. The predicted octanol–water partition coefficient (Wildman–Crippen LogP) is 5.17. The Labute approximate surface area is 169 Å². The van der Waals surface area contributed by atoms with Crippen LogP contribution in [0.15, 0.2) is 84.9 Å². The normalized spacial score (nSPS) is 11.7. The van der Waals surface area contributed by atoms with E-state index in [1.807, 2.05) is 91.0 Å². The van der Waals surface area contributed by atoms with E-state index in [4.69, 9.17) is 10.8 Å². The van der Waals surface area contributed by atoms with Gasteiger partial charge in [0.05, 0.1) is 11.4 Å². The van der Waals surface area contributed by atoms with Crippen molar-refractivity contribution in [2.45, 2.75) is 0 Å². The van der Waals surface area contributed by atoms with Crippen molar-refractivity contribution in [3.8, 4) is 0 Å². The van der Waals surface area contributed by atoms with Gasteiger partial charge in [0.15, 0.2) is 0 Å². The molecule has 144 valence electrons. The van der Waals surface area contributed by atoms with E-state index in [2.05, 4.69) is 0 Å². The summed E-state index contributed by atoms with van der Waals surface area (Å²) in [6, 6.07) is 24.2. The number of nitrogens with two attached hydrogens (primary N) is 1. The molecule has 1 aliphatic heterocycles. The molecule has 0 spiro atoms. The lowest BCUT2D eigenvalue weighted by molar-refractivity contribution is -0.131. The molecule has 5 nitrogen and oxygen atoms in total. The van der Waals surface area contributed by atoms with E-state index in [0.29, 0.717) is 0 Å². The fourth-order valence-corrected chi connectivity index (χ4v) is 2.94. The molecule has 3 N–H and O–H groups in total. The van der Waals surface area contributed by atoms with Gasteiger partial charge in [0.25, 0.3) is 0 Å². The summed E-state index contributed by atoms with van der Waals surface area (Å²) in [5.41, 5.74) is 10.0. The number of carbonyl (C=O) groups excluding carboxylic acids is 1. The molecule has 2 amide bonds. The molecule has 0 saturated carbocycles. The molecule has 0 aromatic heterocycles. The summed E-state index contributed by atoms with van der Waals surface area (Å²) < 4.78 is 0. The van der Waals surface area contributed by atoms with Crippen molar-refractivity contribution < 1.29 is 14.7 Å². The maximum absolute atomic E-state index is 11.8. The Morgan fingerprint density at radius 3 is 1.72 bits per heavy atom. The van der Waals surface area contributed by atoms with Crippen molar-refractivity contribution in [2.75, 3.05) is 4.90 Å². The molecular formula is C24H20N2O3. The zero-order chi connectivity index (χ0) is 20.6. The second-order valence-electron chi connectivity index (χ2n) is 6.21. The SMILES string of the molecule is NC(=O)N1c2ccccc2C=Cc2ccccc21.O=C(O)/C=C/c1ccccc1. The number of carbonyl (C=O) groups is 2. The number of primary amides is 1. The molecule has 0 aliphatic carbocycles. The van der Waals surface area contributed by atoms with E-state index < -0.39 is 12.0 Å². The predicted molar refractivity (Wildman–Crippen MR) is 117 cm³/mol. The minimum atomic E-state index is -0.922. The van der Waals surface area contributed by atoms with Gasteiger partial charge in [-0.25, -0.2) is 9.59 Å². The van der Waals surface area contributed by atoms with Crippen molar-refractivity contribution >= 4 is 41.6 Å². The number of aliphatic carboxylic acids is 1. The molecule has 1 heterocycles. The van der Waals surface area contributed by atoms with Crippen LogP contribution in [0.4, 0.5) is 16.2 Å². The number of rotatable bonds is 2. The molecule has 0 atom stereocenters. The van der Waals surface area contributed by atoms with Crippen LogP contribution in [-0.4, -0.2) is 17.1 Å². The zero-order valence-electron chi connectivity index (χ0n) is 15.6. The number of para-hydroxylation sites is 2. The van der Waals surface area contributed by atoms with Crippen LogP contribution in [0.5, 0.6) is 0 Å². The first-order valence-electron chi connectivity index (χ1n) is 8.98. The van der Waals surface area contributed by atoms with Crippen LogP contribution in [0, 0.1) is 0 Å². The van der Waals surface area contributed by atoms with Crippen LogP contribution in [0.1, 0.15) is 16.7 Å². The number of nitrogens with zero attached hydrogens (tertiary/aromatic N) is 1. The molecule has 0 saturated heterocycles. The zero-order valence-corrected chi connectivity index (χ0v) is 15.6. The third-order valence-corrected chi connectivity index (χ3v) is 4.24. The Balaban J connectivity index is 0.000000188. The van der Waals surface area contributed by atoms with Gasteiger partial charge in [0.1, 0.15) is 0 Å². The van der Waals surface area contributed by atoms with Gasteiger partial charge in [-0.1, -0.05) is 78.9 Å². The van der Waals surface area contributed by atoms with Crippen LogP contribution in [0.25, 0.3) is 18.2 Å². The number of amides is 2. The van der Waals surface area contributed by atoms with Crippen molar-refractivity contribution in [3.05, 3.63) is 102 Å². The Morgan fingerprint density at radius 2 is 1.24 bits per heavy atom.